The quantitative estimate of drug-likeness (QED) is 0.638. The van der Waals surface area contributed by atoms with Crippen LogP contribution in [0, 0.1) is 0 Å². The summed E-state index contributed by atoms with van der Waals surface area (Å²) in [4.78, 5) is 5.29. The molecule has 0 aliphatic carbocycles. The second-order valence-electron chi connectivity index (χ2n) is 4.10. The van der Waals surface area contributed by atoms with E-state index < -0.39 is 0 Å². The lowest BCUT2D eigenvalue weighted by molar-refractivity contribution is 0.130. The molecule has 0 saturated carbocycles. The van der Waals surface area contributed by atoms with Gasteiger partial charge in [0.25, 0.3) is 0 Å². The van der Waals surface area contributed by atoms with Crippen molar-refractivity contribution in [3.63, 3.8) is 0 Å². The summed E-state index contributed by atoms with van der Waals surface area (Å²) < 4.78 is 1.72. The number of oxime groups is 1. The smallest absolute Gasteiger partial charge is 0.142 e. The summed E-state index contributed by atoms with van der Waals surface area (Å²) in [6.07, 6.45) is 3.61. The SMILES string of the molecule is CC(=NOCc1ccc(Cl)c(Cl)c1)c1cnn(C)c1. The molecule has 0 N–H and O–H groups in total. The Bertz CT molecular complexity index is 608. The van der Waals surface area contributed by atoms with Crippen LogP contribution in [0.4, 0.5) is 0 Å². The number of benzene rings is 1. The predicted octanol–water partition coefficient (Wildman–Crippen LogP) is 3.67. The number of rotatable bonds is 4. The number of aryl methyl sites for hydroxylation is 1. The molecule has 0 saturated heterocycles. The van der Waals surface area contributed by atoms with E-state index in [1.165, 1.54) is 0 Å². The molecule has 6 heteroatoms. The van der Waals surface area contributed by atoms with E-state index in [-0.39, 0.29) is 0 Å². The van der Waals surface area contributed by atoms with Gasteiger partial charge in [0.15, 0.2) is 0 Å². The van der Waals surface area contributed by atoms with Crippen molar-refractivity contribution in [3.8, 4) is 0 Å². The van der Waals surface area contributed by atoms with E-state index >= 15 is 0 Å². The molecule has 4 nitrogen and oxygen atoms in total. The normalized spacial score (nSPS) is 11.7. The third kappa shape index (κ3) is 3.72. The third-order valence-corrected chi connectivity index (χ3v) is 3.28. The van der Waals surface area contributed by atoms with Crippen molar-refractivity contribution >= 4 is 28.9 Å². The van der Waals surface area contributed by atoms with Crippen LogP contribution in [-0.2, 0) is 18.5 Å². The molecule has 1 heterocycles. The van der Waals surface area contributed by atoms with Crippen LogP contribution < -0.4 is 0 Å². The van der Waals surface area contributed by atoms with Crippen molar-refractivity contribution in [2.45, 2.75) is 13.5 Å². The lowest BCUT2D eigenvalue weighted by Gasteiger charge is -2.03. The summed E-state index contributed by atoms with van der Waals surface area (Å²) in [6, 6.07) is 5.35. The van der Waals surface area contributed by atoms with Gasteiger partial charge in [-0.2, -0.15) is 5.10 Å². The van der Waals surface area contributed by atoms with Crippen molar-refractivity contribution < 1.29 is 4.84 Å². The molecule has 0 amide bonds. The zero-order chi connectivity index (χ0) is 13.8. The fraction of sp³-hybridized carbons (Fsp3) is 0.231. The molecule has 0 bridgehead atoms. The first-order valence-electron chi connectivity index (χ1n) is 5.66. The van der Waals surface area contributed by atoms with Crippen LogP contribution in [0.1, 0.15) is 18.1 Å². The van der Waals surface area contributed by atoms with Gasteiger partial charge < -0.3 is 4.84 Å². The molecule has 1 aromatic carbocycles. The second kappa shape index (κ2) is 6.08. The first-order valence-corrected chi connectivity index (χ1v) is 6.41. The summed E-state index contributed by atoms with van der Waals surface area (Å²) in [5.74, 6) is 0. The first-order chi connectivity index (χ1) is 9.06. The van der Waals surface area contributed by atoms with E-state index in [9.17, 15) is 0 Å². The Morgan fingerprint density at radius 2 is 2.16 bits per heavy atom. The number of halogens is 2. The first kappa shape index (κ1) is 13.9. The molecule has 19 heavy (non-hydrogen) atoms. The molecule has 100 valence electrons. The molecule has 0 fully saturated rings. The van der Waals surface area contributed by atoms with Crippen molar-refractivity contribution in [1.82, 2.24) is 9.78 Å². The van der Waals surface area contributed by atoms with Crippen LogP contribution in [0.25, 0.3) is 0 Å². The molecule has 2 rings (SSSR count). The van der Waals surface area contributed by atoms with Crippen molar-refractivity contribution in [3.05, 3.63) is 51.8 Å². The van der Waals surface area contributed by atoms with Gasteiger partial charge in [0.05, 0.1) is 22.0 Å². The van der Waals surface area contributed by atoms with Gasteiger partial charge in [-0.15, -0.1) is 0 Å². The minimum absolute atomic E-state index is 0.342. The maximum absolute atomic E-state index is 5.92. The molecule has 0 aliphatic heterocycles. The topological polar surface area (TPSA) is 39.4 Å². The van der Waals surface area contributed by atoms with Gasteiger partial charge in [-0.1, -0.05) is 34.4 Å². The Labute approximate surface area is 121 Å². The highest BCUT2D eigenvalue weighted by Crippen LogP contribution is 2.22. The molecule has 0 spiro atoms. The van der Waals surface area contributed by atoms with Crippen LogP contribution in [0.2, 0.25) is 10.0 Å². The van der Waals surface area contributed by atoms with E-state index in [1.807, 2.05) is 26.2 Å². The van der Waals surface area contributed by atoms with E-state index in [0.29, 0.717) is 16.7 Å². The molecular formula is C13H13Cl2N3O. The fourth-order valence-corrected chi connectivity index (χ4v) is 1.81. The second-order valence-corrected chi connectivity index (χ2v) is 4.92. The van der Waals surface area contributed by atoms with Gasteiger partial charge >= 0.3 is 0 Å². The van der Waals surface area contributed by atoms with Crippen LogP contribution >= 0.6 is 23.2 Å². The third-order valence-electron chi connectivity index (χ3n) is 2.54. The Balaban J connectivity index is 1.97. The minimum atomic E-state index is 0.342. The summed E-state index contributed by atoms with van der Waals surface area (Å²) in [5, 5.41) is 9.15. The summed E-state index contributed by atoms with van der Waals surface area (Å²) in [6.45, 7) is 2.21. The molecular weight excluding hydrogens is 285 g/mol. The van der Waals surface area contributed by atoms with Crippen LogP contribution in [-0.4, -0.2) is 15.5 Å². The van der Waals surface area contributed by atoms with E-state index in [1.54, 1.807) is 23.0 Å². The highest BCUT2D eigenvalue weighted by molar-refractivity contribution is 6.42. The van der Waals surface area contributed by atoms with Gasteiger partial charge in [0.2, 0.25) is 0 Å². The standard InChI is InChI=1S/C13H13Cl2N3O/c1-9(11-6-16-18(2)7-11)17-19-8-10-3-4-12(14)13(15)5-10/h3-7H,8H2,1-2H3. The summed E-state index contributed by atoms with van der Waals surface area (Å²) in [5.41, 5.74) is 2.61. The maximum atomic E-state index is 5.92. The van der Waals surface area contributed by atoms with Gasteiger partial charge in [-0.3, -0.25) is 4.68 Å². The van der Waals surface area contributed by atoms with Crippen LogP contribution in [0.15, 0.2) is 35.7 Å². The molecule has 1 aromatic heterocycles. The lowest BCUT2D eigenvalue weighted by Crippen LogP contribution is -1.95. The summed E-state index contributed by atoms with van der Waals surface area (Å²) in [7, 11) is 1.85. The highest BCUT2D eigenvalue weighted by atomic mass is 35.5. The van der Waals surface area contributed by atoms with Crippen molar-refractivity contribution in [1.29, 1.82) is 0 Å². The summed E-state index contributed by atoms with van der Waals surface area (Å²) >= 11 is 11.8. The zero-order valence-corrected chi connectivity index (χ0v) is 12.1. The Morgan fingerprint density at radius 1 is 1.37 bits per heavy atom. The van der Waals surface area contributed by atoms with E-state index in [4.69, 9.17) is 28.0 Å². The number of aromatic nitrogens is 2. The number of nitrogens with zero attached hydrogens (tertiary/aromatic N) is 3. The molecule has 0 atom stereocenters. The molecule has 0 aliphatic rings. The van der Waals surface area contributed by atoms with Gasteiger partial charge in [0.1, 0.15) is 6.61 Å². The predicted molar refractivity (Wildman–Crippen MR) is 76.7 cm³/mol. The van der Waals surface area contributed by atoms with Crippen molar-refractivity contribution in [2.75, 3.05) is 0 Å². The van der Waals surface area contributed by atoms with E-state index in [2.05, 4.69) is 10.3 Å². The maximum Gasteiger partial charge on any atom is 0.142 e. The Hall–Kier alpha value is -1.52. The monoisotopic (exact) mass is 297 g/mol. The number of hydrogen-bond donors (Lipinski definition) is 0. The van der Waals surface area contributed by atoms with Gasteiger partial charge in [0, 0.05) is 18.8 Å². The number of hydrogen-bond acceptors (Lipinski definition) is 3. The highest BCUT2D eigenvalue weighted by Gasteiger charge is 2.02. The van der Waals surface area contributed by atoms with Crippen LogP contribution in [0.3, 0.4) is 0 Å². The zero-order valence-electron chi connectivity index (χ0n) is 10.6. The fourth-order valence-electron chi connectivity index (χ4n) is 1.49. The molecule has 2 aromatic rings. The largest absolute Gasteiger partial charge is 0.391 e. The molecule has 0 radical (unpaired) electrons. The Morgan fingerprint density at radius 3 is 2.79 bits per heavy atom. The lowest BCUT2D eigenvalue weighted by atomic mass is 10.2. The van der Waals surface area contributed by atoms with Crippen molar-refractivity contribution in [2.24, 2.45) is 12.2 Å². The average molecular weight is 298 g/mol. The van der Waals surface area contributed by atoms with Crippen LogP contribution in [0.5, 0.6) is 0 Å². The van der Waals surface area contributed by atoms with Gasteiger partial charge in [-0.25, -0.2) is 0 Å². The van der Waals surface area contributed by atoms with E-state index in [0.717, 1.165) is 16.8 Å². The minimum Gasteiger partial charge on any atom is -0.391 e. The molecule has 0 unspecified atom stereocenters. The van der Waals surface area contributed by atoms with Gasteiger partial charge in [-0.05, 0) is 24.6 Å². The Kier molecular flexibility index (Phi) is 4.45. The average Bonchev–Trinajstić information content (AvgIpc) is 2.80.